The molecule has 0 bridgehead atoms. The van der Waals surface area contributed by atoms with Crippen molar-refractivity contribution in [3.63, 3.8) is 0 Å². The lowest BCUT2D eigenvalue weighted by Gasteiger charge is -2.26. The number of carbonyl (C=O) groups excluding carboxylic acids is 3. The molecule has 3 rings (SSSR count). The molecule has 6 nitrogen and oxygen atoms in total. The third-order valence-electron chi connectivity index (χ3n) is 5.68. The van der Waals surface area contributed by atoms with Crippen LogP contribution >= 0.6 is 0 Å². The summed E-state index contributed by atoms with van der Waals surface area (Å²) in [4.78, 5) is 41.0. The Kier molecular flexibility index (Phi) is 6.55. The second kappa shape index (κ2) is 9.11. The topological polar surface area (TPSA) is 69.7 Å². The molecule has 2 atom stereocenters. The number of anilines is 1. The number of nitrogens with one attached hydrogen (secondary N) is 1. The Hall–Kier alpha value is -3.15. The van der Waals surface area contributed by atoms with Crippen LogP contribution in [0.1, 0.15) is 36.1 Å². The Bertz CT molecular complexity index is 942. The van der Waals surface area contributed by atoms with Crippen LogP contribution in [0.3, 0.4) is 0 Å². The summed E-state index contributed by atoms with van der Waals surface area (Å²) in [5, 5.41) is 2.87. The monoisotopic (exact) mass is 407 g/mol. The molecule has 0 spiro atoms. The summed E-state index contributed by atoms with van der Waals surface area (Å²) in [6.45, 7) is 6.18. The summed E-state index contributed by atoms with van der Waals surface area (Å²) < 4.78 is 0. The van der Waals surface area contributed by atoms with Crippen molar-refractivity contribution in [2.45, 2.75) is 33.2 Å². The Morgan fingerprint density at radius 1 is 1.17 bits per heavy atom. The smallest absolute Gasteiger partial charge is 0.243 e. The van der Waals surface area contributed by atoms with Crippen LogP contribution in [-0.2, 0) is 14.4 Å². The maximum Gasteiger partial charge on any atom is 0.243 e. The number of hydrogen-bond acceptors (Lipinski definition) is 3. The van der Waals surface area contributed by atoms with Crippen LogP contribution in [0.25, 0.3) is 0 Å². The van der Waals surface area contributed by atoms with E-state index in [-0.39, 0.29) is 36.7 Å². The molecule has 0 aromatic heterocycles. The SMILES string of the molecule is Cc1ccc(C)c(NC(=O)CN(C)C(=O)[C@H]2CC(=O)N([C@@H](C)c3ccccc3)C2)c1. The van der Waals surface area contributed by atoms with Crippen LogP contribution in [0.5, 0.6) is 0 Å². The van der Waals surface area contributed by atoms with E-state index in [0.29, 0.717) is 6.54 Å². The first-order chi connectivity index (χ1) is 14.3. The molecule has 0 unspecified atom stereocenters. The fraction of sp³-hybridized carbons (Fsp3) is 0.375. The van der Waals surface area contributed by atoms with Gasteiger partial charge in [-0.2, -0.15) is 0 Å². The number of likely N-dealkylation sites (tertiary alicyclic amines) is 1. The van der Waals surface area contributed by atoms with E-state index in [1.807, 2.05) is 69.3 Å². The van der Waals surface area contributed by atoms with Crippen molar-refractivity contribution in [2.24, 2.45) is 5.92 Å². The number of aryl methyl sites for hydroxylation is 2. The largest absolute Gasteiger partial charge is 0.336 e. The Morgan fingerprint density at radius 3 is 2.57 bits per heavy atom. The van der Waals surface area contributed by atoms with Crippen molar-refractivity contribution in [3.8, 4) is 0 Å². The molecule has 1 fully saturated rings. The van der Waals surface area contributed by atoms with E-state index in [1.165, 1.54) is 4.90 Å². The molecule has 6 heteroatoms. The van der Waals surface area contributed by atoms with Gasteiger partial charge in [-0.15, -0.1) is 0 Å². The van der Waals surface area contributed by atoms with E-state index in [2.05, 4.69) is 5.32 Å². The lowest BCUT2D eigenvalue weighted by molar-refractivity contribution is -0.137. The van der Waals surface area contributed by atoms with Gasteiger partial charge in [-0.3, -0.25) is 14.4 Å². The number of carbonyl (C=O) groups is 3. The molecule has 0 aliphatic carbocycles. The normalized spacial score (nSPS) is 17.0. The standard InChI is InChI=1S/C24H29N3O3/c1-16-10-11-17(2)21(12-16)25-22(28)15-26(4)24(30)20-13-23(29)27(14-20)18(3)19-8-6-5-7-9-19/h5-12,18,20H,13-15H2,1-4H3,(H,25,28)/t18-,20-/m0/s1. The van der Waals surface area contributed by atoms with Gasteiger partial charge >= 0.3 is 0 Å². The minimum Gasteiger partial charge on any atom is -0.336 e. The Balaban J connectivity index is 1.59. The zero-order chi connectivity index (χ0) is 21.8. The molecule has 158 valence electrons. The summed E-state index contributed by atoms with van der Waals surface area (Å²) in [5.74, 6) is -0.888. The van der Waals surface area contributed by atoms with E-state index in [1.54, 1.807) is 11.9 Å². The highest BCUT2D eigenvalue weighted by Gasteiger charge is 2.38. The van der Waals surface area contributed by atoms with Crippen LogP contribution in [0.4, 0.5) is 5.69 Å². The van der Waals surface area contributed by atoms with Crippen molar-refractivity contribution in [1.82, 2.24) is 9.80 Å². The second-order valence-electron chi connectivity index (χ2n) is 8.09. The van der Waals surface area contributed by atoms with Crippen molar-refractivity contribution in [3.05, 3.63) is 65.2 Å². The minimum absolute atomic E-state index is 0.0297. The van der Waals surface area contributed by atoms with E-state index in [0.717, 1.165) is 22.4 Å². The average molecular weight is 408 g/mol. The van der Waals surface area contributed by atoms with Gasteiger partial charge in [0.2, 0.25) is 17.7 Å². The second-order valence-corrected chi connectivity index (χ2v) is 8.09. The number of amides is 3. The fourth-order valence-electron chi connectivity index (χ4n) is 3.85. The van der Waals surface area contributed by atoms with Crippen LogP contribution < -0.4 is 5.32 Å². The molecule has 2 aromatic rings. The molecule has 30 heavy (non-hydrogen) atoms. The summed E-state index contributed by atoms with van der Waals surface area (Å²) in [7, 11) is 1.61. The van der Waals surface area contributed by atoms with Crippen molar-refractivity contribution in [2.75, 3.05) is 25.5 Å². The van der Waals surface area contributed by atoms with Crippen molar-refractivity contribution < 1.29 is 14.4 Å². The van der Waals surface area contributed by atoms with Gasteiger partial charge in [-0.1, -0.05) is 42.5 Å². The molecule has 0 saturated carbocycles. The molecule has 1 heterocycles. The van der Waals surface area contributed by atoms with Gasteiger partial charge in [0.25, 0.3) is 0 Å². The first-order valence-electron chi connectivity index (χ1n) is 10.2. The summed E-state index contributed by atoms with van der Waals surface area (Å²) in [5.41, 5.74) is 3.81. The first kappa shape index (κ1) is 21.6. The lowest BCUT2D eigenvalue weighted by atomic mass is 10.1. The zero-order valence-electron chi connectivity index (χ0n) is 18.0. The van der Waals surface area contributed by atoms with Gasteiger partial charge < -0.3 is 15.1 Å². The predicted octanol–water partition coefficient (Wildman–Crippen LogP) is 3.31. The summed E-state index contributed by atoms with van der Waals surface area (Å²) >= 11 is 0. The Labute approximate surface area is 177 Å². The Morgan fingerprint density at radius 2 is 1.87 bits per heavy atom. The molecule has 2 aromatic carbocycles. The van der Waals surface area contributed by atoms with Crippen molar-refractivity contribution >= 4 is 23.4 Å². The van der Waals surface area contributed by atoms with Gasteiger partial charge in [-0.25, -0.2) is 0 Å². The molecule has 1 aliphatic heterocycles. The predicted molar refractivity (Wildman–Crippen MR) is 117 cm³/mol. The highest BCUT2D eigenvalue weighted by Crippen LogP contribution is 2.29. The first-order valence-corrected chi connectivity index (χ1v) is 10.2. The van der Waals surface area contributed by atoms with E-state index in [4.69, 9.17) is 0 Å². The van der Waals surface area contributed by atoms with Gasteiger partial charge in [0.05, 0.1) is 18.5 Å². The van der Waals surface area contributed by atoms with Crippen LogP contribution in [-0.4, -0.2) is 47.7 Å². The number of nitrogens with zero attached hydrogens (tertiary/aromatic N) is 2. The number of rotatable bonds is 6. The van der Waals surface area contributed by atoms with Gasteiger partial charge in [0.1, 0.15) is 0 Å². The van der Waals surface area contributed by atoms with Gasteiger partial charge in [0, 0.05) is 25.7 Å². The van der Waals surface area contributed by atoms with E-state index < -0.39 is 5.92 Å². The van der Waals surface area contributed by atoms with Crippen LogP contribution in [0.2, 0.25) is 0 Å². The number of hydrogen-bond donors (Lipinski definition) is 1. The third kappa shape index (κ3) is 4.87. The molecular formula is C24H29N3O3. The van der Waals surface area contributed by atoms with Crippen LogP contribution in [0.15, 0.2) is 48.5 Å². The molecule has 1 saturated heterocycles. The maximum absolute atomic E-state index is 12.9. The zero-order valence-corrected chi connectivity index (χ0v) is 18.0. The third-order valence-corrected chi connectivity index (χ3v) is 5.68. The van der Waals surface area contributed by atoms with Gasteiger partial charge in [0.15, 0.2) is 0 Å². The quantitative estimate of drug-likeness (QED) is 0.799. The molecule has 1 N–H and O–H groups in total. The fourth-order valence-corrected chi connectivity index (χ4v) is 3.85. The number of benzene rings is 2. The molecule has 0 radical (unpaired) electrons. The highest BCUT2D eigenvalue weighted by atomic mass is 16.2. The molecular weight excluding hydrogens is 378 g/mol. The maximum atomic E-state index is 12.9. The van der Waals surface area contributed by atoms with Crippen molar-refractivity contribution in [1.29, 1.82) is 0 Å². The summed E-state index contributed by atoms with van der Waals surface area (Å²) in [6.07, 6.45) is 0.180. The van der Waals surface area contributed by atoms with Gasteiger partial charge in [-0.05, 0) is 43.5 Å². The minimum atomic E-state index is -0.429. The van der Waals surface area contributed by atoms with E-state index >= 15 is 0 Å². The molecule has 1 aliphatic rings. The van der Waals surface area contributed by atoms with Crippen LogP contribution in [0, 0.1) is 19.8 Å². The van der Waals surface area contributed by atoms with E-state index in [9.17, 15) is 14.4 Å². The highest BCUT2D eigenvalue weighted by molar-refractivity contribution is 5.96. The summed E-state index contributed by atoms with van der Waals surface area (Å²) in [6, 6.07) is 15.5. The average Bonchev–Trinajstić information content (AvgIpc) is 3.11. The number of likely N-dealkylation sites (N-methyl/N-ethyl adjacent to an activating group) is 1. The lowest BCUT2D eigenvalue weighted by Crippen LogP contribution is -2.39. The molecule has 3 amide bonds.